The first-order chi connectivity index (χ1) is 9.87. The smallest absolute Gasteiger partial charge is 0.256 e. The van der Waals surface area contributed by atoms with Crippen molar-refractivity contribution in [3.63, 3.8) is 0 Å². The number of aryl methyl sites for hydroxylation is 1. The Bertz CT molecular complexity index is 729. The molecule has 0 saturated heterocycles. The highest BCUT2D eigenvalue weighted by molar-refractivity contribution is 7.95. The van der Waals surface area contributed by atoms with Gasteiger partial charge in [0.25, 0.3) is 10.0 Å². The van der Waals surface area contributed by atoms with Crippen LogP contribution in [-0.4, -0.2) is 18.2 Å². The van der Waals surface area contributed by atoms with Crippen LogP contribution in [0.2, 0.25) is 0 Å². The van der Waals surface area contributed by atoms with Gasteiger partial charge in [0.15, 0.2) is 0 Å². The maximum Gasteiger partial charge on any atom is 0.256 e. The van der Waals surface area contributed by atoms with E-state index in [-0.39, 0.29) is 6.04 Å². The Balaban J connectivity index is 2.15. The molecule has 1 N–H and O–H groups in total. The lowest BCUT2D eigenvalue weighted by Gasteiger charge is -2.11. The van der Waals surface area contributed by atoms with Crippen LogP contribution in [0.25, 0.3) is 6.08 Å². The Morgan fingerprint density at radius 2 is 1.86 bits per heavy atom. The summed E-state index contributed by atoms with van der Waals surface area (Å²) in [6, 6.07) is 9.34. The Kier molecular flexibility index (Phi) is 4.47. The van der Waals surface area contributed by atoms with Gasteiger partial charge in [-0.1, -0.05) is 29.8 Å². The van der Waals surface area contributed by atoms with Gasteiger partial charge in [-0.25, -0.2) is 13.1 Å². The van der Waals surface area contributed by atoms with Gasteiger partial charge in [-0.3, -0.25) is 4.72 Å². The Hall–Kier alpha value is -2.08. The third kappa shape index (κ3) is 4.19. The van der Waals surface area contributed by atoms with Crippen LogP contribution in [0.4, 0.5) is 5.82 Å². The zero-order valence-corrected chi connectivity index (χ0v) is 13.1. The summed E-state index contributed by atoms with van der Waals surface area (Å²) in [5.74, 6) is 0.457. The van der Waals surface area contributed by atoms with Crippen LogP contribution in [0.3, 0.4) is 0 Å². The molecule has 0 saturated carbocycles. The molecule has 0 fully saturated rings. The SMILES string of the molecule is Cc1ccc(/C=C\S(=O)(=O)Nc2ccnn2C(C)C)cc1. The fourth-order valence-corrected chi connectivity index (χ4v) is 2.69. The molecule has 0 radical (unpaired) electrons. The van der Waals surface area contributed by atoms with Crippen molar-refractivity contribution >= 4 is 21.9 Å². The molecule has 0 aliphatic rings. The number of nitrogens with one attached hydrogen (secondary N) is 1. The summed E-state index contributed by atoms with van der Waals surface area (Å²) < 4.78 is 28.3. The van der Waals surface area contributed by atoms with E-state index < -0.39 is 10.0 Å². The van der Waals surface area contributed by atoms with Gasteiger partial charge in [0.05, 0.1) is 11.6 Å². The summed E-state index contributed by atoms with van der Waals surface area (Å²) in [6.07, 6.45) is 3.14. The standard InChI is InChI=1S/C15H19N3O2S/c1-12(2)18-15(8-10-16-18)17-21(19,20)11-9-14-6-4-13(3)5-7-14/h4-12,17H,1-3H3/b11-9-. The first-order valence-electron chi connectivity index (χ1n) is 6.68. The Morgan fingerprint density at radius 3 is 2.48 bits per heavy atom. The summed E-state index contributed by atoms with van der Waals surface area (Å²) in [4.78, 5) is 0. The van der Waals surface area contributed by atoms with Crippen molar-refractivity contribution in [3.05, 3.63) is 53.1 Å². The van der Waals surface area contributed by atoms with E-state index in [9.17, 15) is 8.42 Å². The molecule has 6 heteroatoms. The highest BCUT2D eigenvalue weighted by atomic mass is 32.2. The summed E-state index contributed by atoms with van der Waals surface area (Å²) in [7, 11) is -3.56. The molecule has 5 nitrogen and oxygen atoms in total. The maximum absolute atomic E-state index is 12.1. The molecule has 0 bridgehead atoms. The number of benzene rings is 1. The quantitative estimate of drug-likeness (QED) is 0.922. The zero-order chi connectivity index (χ0) is 15.5. The van der Waals surface area contributed by atoms with Crippen LogP contribution < -0.4 is 4.72 Å². The lowest BCUT2D eigenvalue weighted by Crippen LogP contribution is -2.14. The van der Waals surface area contributed by atoms with Crippen LogP contribution in [0.1, 0.15) is 31.0 Å². The lowest BCUT2D eigenvalue weighted by atomic mass is 10.2. The molecule has 2 aromatic rings. The van der Waals surface area contributed by atoms with Gasteiger partial charge < -0.3 is 0 Å². The monoisotopic (exact) mass is 305 g/mol. The van der Waals surface area contributed by atoms with E-state index in [2.05, 4.69) is 9.82 Å². The van der Waals surface area contributed by atoms with Crippen LogP contribution in [0, 0.1) is 6.92 Å². The van der Waals surface area contributed by atoms with Crippen LogP contribution in [-0.2, 0) is 10.0 Å². The molecule has 0 aliphatic carbocycles. The molecular weight excluding hydrogens is 286 g/mol. The largest absolute Gasteiger partial charge is 0.264 e. The van der Waals surface area contributed by atoms with Crippen molar-refractivity contribution in [1.82, 2.24) is 9.78 Å². The first kappa shape index (κ1) is 15.3. The lowest BCUT2D eigenvalue weighted by molar-refractivity contribution is 0.539. The summed E-state index contributed by atoms with van der Waals surface area (Å²) >= 11 is 0. The molecule has 0 amide bonds. The van der Waals surface area contributed by atoms with Crippen LogP contribution in [0.15, 0.2) is 41.9 Å². The van der Waals surface area contributed by atoms with Crippen molar-refractivity contribution in [2.24, 2.45) is 0 Å². The molecular formula is C15H19N3O2S. The van der Waals surface area contributed by atoms with E-state index in [1.54, 1.807) is 23.0 Å². The molecule has 2 rings (SSSR count). The molecule has 1 heterocycles. The Labute approximate surface area is 125 Å². The molecule has 0 aliphatic heterocycles. The van der Waals surface area contributed by atoms with Crippen molar-refractivity contribution in [3.8, 4) is 0 Å². The van der Waals surface area contributed by atoms with Gasteiger partial charge in [-0.05, 0) is 32.4 Å². The minimum atomic E-state index is -3.56. The third-order valence-electron chi connectivity index (χ3n) is 2.92. The van der Waals surface area contributed by atoms with E-state index in [1.165, 1.54) is 0 Å². The van der Waals surface area contributed by atoms with Crippen molar-refractivity contribution in [1.29, 1.82) is 0 Å². The minimum Gasteiger partial charge on any atom is -0.264 e. The van der Waals surface area contributed by atoms with E-state index in [0.29, 0.717) is 5.82 Å². The van der Waals surface area contributed by atoms with Crippen LogP contribution in [0.5, 0.6) is 0 Å². The molecule has 1 aromatic heterocycles. The second-order valence-corrected chi connectivity index (χ2v) is 6.68. The summed E-state index contributed by atoms with van der Waals surface area (Å²) in [5.41, 5.74) is 1.97. The molecule has 0 atom stereocenters. The summed E-state index contributed by atoms with van der Waals surface area (Å²) in [6.45, 7) is 5.86. The van der Waals surface area contributed by atoms with Crippen LogP contribution >= 0.6 is 0 Å². The average Bonchev–Trinajstić information content (AvgIpc) is 2.85. The number of hydrogen-bond donors (Lipinski definition) is 1. The van der Waals surface area contributed by atoms with E-state index in [0.717, 1.165) is 16.5 Å². The molecule has 21 heavy (non-hydrogen) atoms. The number of rotatable bonds is 5. The molecule has 1 aromatic carbocycles. The number of anilines is 1. The van der Waals surface area contributed by atoms with Gasteiger partial charge in [0.1, 0.15) is 5.82 Å². The number of aromatic nitrogens is 2. The fraction of sp³-hybridized carbons (Fsp3) is 0.267. The molecule has 0 spiro atoms. The number of sulfonamides is 1. The average molecular weight is 305 g/mol. The highest BCUT2D eigenvalue weighted by Crippen LogP contribution is 2.15. The predicted molar refractivity (Wildman–Crippen MR) is 85.4 cm³/mol. The summed E-state index contributed by atoms with van der Waals surface area (Å²) in [5, 5.41) is 5.26. The third-order valence-corrected chi connectivity index (χ3v) is 3.91. The Morgan fingerprint density at radius 1 is 1.19 bits per heavy atom. The second-order valence-electron chi connectivity index (χ2n) is 5.12. The maximum atomic E-state index is 12.1. The topological polar surface area (TPSA) is 64.0 Å². The van der Waals surface area contributed by atoms with Crippen molar-refractivity contribution in [2.75, 3.05) is 4.72 Å². The van der Waals surface area contributed by atoms with Gasteiger partial charge in [0.2, 0.25) is 0 Å². The number of nitrogens with zero attached hydrogens (tertiary/aromatic N) is 2. The van der Waals surface area contributed by atoms with Gasteiger partial charge in [0, 0.05) is 12.1 Å². The first-order valence-corrected chi connectivity index (χ1v) is 8.23. The second kappa shape index (κ2) is 6.13. The minimum absolute atomic E-state index is 0.0822. The molecule has 0 unspecified atom stereocenters. The van der Waals surface area contributed by atoms with Crippen molar-refractivity contribution in [2.45, 2.75) is 26.8 Å². The highest BCUT2D eigenvalue weighted by Gasteiger charge is 2.11. The van der Waals surface area contributed by atoms with Gasteiger partial charge in [-0.2, -0.15) is 5.10 Å². The van der Waals surface area contributed by atoms with Gasteiger partial charge >= 0.3 is 0 Å². The van der Waals surface area contributed by atoms with Crippen molar-refractivity contribution < 1.29 is 8.42 Å². The molecule has 112 valence electrons. The normalized spacial score (nSPS) is 12.2. The van der Waals surface area contributed by atoms with E-state index >= 15 is 0 Å². The van der Waals surface area contributed by atoms with Gasteiger partial charge in [-0.15, -0.1) is 0 Å². The number of hydrogen-bond acceptors (Lipinski definition) is 3. The van der Waals surface area contributed by atoms with E-state index in [4.69, 9.17) is 0 Å². The fourth-order valence-electron chi connectivity index (χ4n) is 1.83. The predicted octanol–water partition coefficient (Wildman–Crippen LogP) is 3.19. The zero-order valence-electron chi connectivity index (χ0n) is 12.3. The van der Waals surface area contributed by atoms with E-state index in [1.807, 2.05) is 45.0 Å².